The van der Waals surface area contributed by atoms with Crippen molar-refractivity contribution in [1.82, 2.24) is 0 Å². The van der Waals surface area contributed by atoms with Crippen LogP contribution in [0.2, 0.25) is 0 Å². The lowest BCUT2D eigenvalue weighted by Gasteiger charge is -2.20. The highest BCUT2D eigenvalue weighted by atomic mass is 16.5. The molecule has 11 heavy (non-hydrogen) atoms. The second kappa shape index (κ2) is 2.46. The van der Waals surface area contributed by atoms with Crippen LogP contribution in [0.1, 0.15) is 26.2 Å². The van der Waals surface area contributed by atoms with Crippen LogP contribution < -0.4 is 5.73 Å². The van der Waals surface area contributed by atoms with Crippen LogP contribution >= 0.6 is 0 Å². The summed E-state index contributed by atoms with van der Waals surface area (Å²) >= 11 is 0. The summed E-state index contributed by atoms with van der Waals surface area (Å²) in [6, 6.07) is 0.471. The first kappa shape index (κ1) is 7.56. The fourth-order valence-corrected chi connectivity index (χ4v) is 2.50. The van der Waals surface area contributed by atoms with Crippen LogP contribution in [0.3, 0.4) is 0 Å². The second-order valence-electron chi connectivity index (χ2n) is 3.96. The van der Waals surface area contributed by atoms with Crippen LogP contribution in [0.25, 0.3) is 0 Å². The Morgan fingerprint density at radius 2 is 2.36 bits per heavy atom. The number of ether oxygens (including phenoxy) is 1. The zero-order chi connectivity index (χ0) is 7.90. The van der Waals surface area contributed by atoms with Crippen LogP contribution in [0.5, 0.6) is 0 Å². The molecule has 1 heterocycles. The molecule has 0 aromatic rings. The number of hydrogen-bond donors (Lipinski definition) is 1. The summed E-state index contributed by atoms with van der Waals surface area (Å²) in [4.78, 5) is 0. The summed E-state index contributed by atoms with van der Waals surface area (Å²) in [5.41, 5.74) is 6.42. The van der Waals surface area contributed by atoms with Gasteiger partial charge in [0.15, 0.2) is 0 Å². The van der Waals surface area contributed by atoms with E-state index in [2.05, 4.69) is 6.92 Å². The molecule has 2 fully saturated rings. The first-order chi connectivity index (χ1) is 5.29. The third kappa shape index (κ3) is 1.00. The molecule has 2 heteroatoms. The zero-order valence-corrected chi connectivity index (χ0v) is 7.18. The van der Waals surface area contributed by atoms with Crippen molar-refractivity contribution in [3.63, 3.8) is 0 Å². The Balaban J connectivity index is 2.01. The summed E-state index contributed by atoms with van der Waals surface area (Å²) in [7, 11) is 0. The molecule has 2 nitrogen and oxygen atoms in total. The molecular weight excluding hydrogens is 138 g/mol. The molecule has 3 unspecified atom stereocenters. The average Bonchev–Trinajstić information content (AvgIpc) is 2.55. The second-order valence-corrected chi connectivity index (χ2v) is 3.96. The van der Waals surface area contributed by atoms with Crippen LogP contribution in [0.4, 0.5) is 0 Å². The normalized spacial score (nSPS) is 49.6. The summed E-state index contributed by atoms with van der Waals surface area (Å²) in [6.45, 7) is 4.17. The van der Waals surface area contributed by atoms with Gasteiger partial charge in [-0.05, 0) is 30.6 Å². The number of rotatable bonds is 2. The maximum absolute atomic E-state index is 5.94. The van der Waals surface area contributed by atoms with E-state index in [9.17, 15) is 0 Å². The Bertz CT molecular complexity index is 150. The minimum absolute atomic E-state index is 0.471. The van der Waals surface area contributed by atoms with Crippen LogP contribution in [-0.4, -0.2) is 19.3 Å². The van der Waals surface area contributed by atoms with Gasteiger partial charge in [-0.3, -0.25) is 0 Å². The molecule has 64 valence electrons. The molecule has 0 bridgehead atoms. The Morgan fingerprint density at radius 3 is 2.73 bits per heavy atom. The molecule has 0 spiro atoms. The van der Waals surface area contributed by atoms with E-state index in [0.717, 1.165) is 19.1 Å². The van der Waals surface area contributed by atoms with E-state index in [1.807, 2.05) is 0 Å². The van der Waals surface area contributed by atoms with E-state index >= 15 is 0 Å². The van der Waals surface area contributed by atoms with E-state index in [-0.39, 0.29) is 0 Å². The summed E-state index contributed by atoms with van der Waals surface area (Å²) in [5, 5.41) is 0. The van der Waals surface area contributed by atoms with E-state index in [4.69, 9.17) is 10.5 Å². The molecule has 0 aromatic heterocycles. The molecule has 2 rings (SSSR count). The van der Waals surface area contributed by atoms with Gasteiger partial charge in [-0.2, -0.15) is 0 Å². The van der Waals surface area contributed by atoms with Crippen molar-refractivity contribution in [2.24, 2.45) is 17.1 Å². The smallest absolute Gasteiger partial charge is 0.0501 e. The number of nitrogens with two attached hydrogens (primary N) is 1. The minimum atomic E-state index is 0.471. The lowest BCUT2D eigenvalue weighted by atomic mass is 9.85. The van der Waals surface area contributed by atoms with Gasteiger partial charge in [0.2, 0.25) is 0 Å². The molecule has 2 aliphatic rings. The Morgan fingerprint density at radius 1 is 1.64 bits per heavy atom. The summed E-state index contributed by atoms with van der Waals surface area (Å²) in [6.07, 6.45) is 3.71. The topological polar surface area (TPSA) is 35.2 Å². The fraction of sp³-hybridized carbons (Fsp3) is 1.00. The van der Waals surface area contributed by atoms with Gasteiger partial charge in [-0.25, -0.2) is 0 Å². The monoisotopic (exact) mass is 155 g/mol. The van der Waals surface area contributed by atoms with Gasteiger partial charge >= 0.3 is 0 Å². The minimum Gasteiger partial charge on any atom is -0.381 e. The summed E-state index contributed by atoms with van der Waals surface area (Å²) in [5.74, 6) is 0.766. The third-order valence-corrected chi connectivity index (χ3v) is 3.58. The molecule has 2 N–H and O–H groups in total. The molecule has 3 atom stereocenters. The molecule has 1 saturated carbocycles. The van der Waals surface area contributed by atoms with Crippen LogP contribution in [-0.2, 0) is 4.74 Å². The van der Waals surface area contributed by atoms with E-state index in [1.165, 1.54) is 19.3 Å². The molecule has 1 aliphatic carbocycles. The molecular formula is C9H17NO. The van der Waals surface area contributed by atoms with E-state index < -0.39 is 0 Å². The van der Waals surface area contributed by atoms with Gasteiger partial charge < -0.3 is 10.5 Å². The highest BCUT2D eigenvalue weighted by Crippen LogP contribution is 2.55. The van der Waals surface area contributed by atoms with Crippen molar-refractivity contribution < 1.29 is 4.74 Å². The van der Waals surface area contributed by atoms with Crippen LogP contribution in [0.15, 0.2) is 0 Å². The van der Waals surface area contributed by atoms with Gasteiger partial charge in [-0.15, -0.1) is 0 Å². The van der Waals surface area contributed by atoms with Gasteiger partial charge in [0.1, 0.15) is 0 Å². The third-order valence-electron chi connectivity index (χ3n) is 3.58. The lowest BCUT2D eigenvalue weighted by Crippen LogP contribution is -2.23. The Kier molecular flexibility index (Phi) is 1.69. The van der Waals surface area contributed by atoms with Crippen molar-refractivity contribution in [1.29, 1.82) is 0 Å². The van der Waals surface area contributed by atoms with Crippen molar-refractivity contribution in [3.8, 4) is 0 Å². The van der Waals surface area contributed by atoms with E-state index in [0.29, 0.717) is 11.5 Å². The maximum atomic E-state index is 5.94. The predicted molar refractivity (Wildman–Crippen MR) is 44.2 cm³/mol. The highest BCUT2D eigenvalue weighted by molar-refractivity contribution is 5.09. The highest BCUT2D eigenvalue weighted by Gasteiger charge is 2.55. The van der Waals surface area contributed by atoms with Crippen molar-refractivity contribution in [2.45, 2.75) is 32.2 Å². The predicted octanol–water partition coefficient (Wildman–Crippen LogP) is 1.15. The van der Waals surface area contributed by atoms with Gasteiger partial charge in [0, 0.05) is 12.6 Å². The largest absolute Gasteiger partial charge is 0.381 e. The van der Waals surface area contributed by atoms with Crippen LogP contribution in [0, 0.1) is 11.3 Å². The van der Waals surface area contributed by atoms with E-state index in [1.54, 1.807) is 0 Å². The first-order valence-electron chi connectivity index (χ1n) is 4.63. The molecule has 1 aliphatic heterocycles. The van der Waals surface area contributed by atoms with Gasteiger partial charge in [0.25, 0.3) is 0 Å². The first-order valence-corrected chi connectivity index (χ1v) is 4.63. The Labute approximate surface area is 68.1 Å². The lowest BCUT2D eigenvalue weighted by molar-refractivity contribution is 0.164. The van der Waals surface area contributed by atoms with Gasteiger partial charge in [0.05, 0.1) is 6.61 Å². The quantitative estimate of drug-likeness (QED) is 0.649. The van der Waals surface area contributed by atoms with Crippen molar-refractivity contribution >= 4 is 0 Å². The molecule has 0 aromatic carbocycles. The maximum Gasteiger partial charge on any atom is 0.0501 e. The molecule has 1 saturated heterocycles. The SMILES string of the molecule is CCC1(C2CCOC2)CC1N. The standard InChI is InChI=1S/C9H17NO/c1-2-9(5-8(9)10)7-3-4-11-6-7/h7-8H,2-6,10H2,1H3. The molecule has 0 amide bonds. The zero-order valence-electron chi connectivity index (χ0n) is 7.18. The van der Waals surface area contributed by atoms with Gasteiger partial charge in [-0.1, -0.05) is 6.92 Å². The summed E-state index contributed by atoms with van der Waals surface area (Å²) < 4.78 is 5.38. The molecule has 0 radical (unpaired) electrons. The Hall–Kier alpha value is -0.0800. The average molecular weight is 155 g/mol. The van der Waals surface area contributed by atoms with Crippen molar-refractivity contribution in [3.05, 3.63) is 0 Å². The fourth-order valence-electron chi connectivity index (χ4n) is 2.50. The van der Waals surface area contributed by atoms with Crippen molar-refractivity contribution in [2.75, 3.05) is 13.2 Å². The number of hydrogen-bond acceptors (Lipinski definition) is 2.